The van der Waals surface area contributed by atoms with Gasteiger partial charge in [0.05, 0.1) is 12.1 Å². The van der Waals surface area contributed by atoms with Crippen LogP contribution in [0.15, 0.2) is 46.9 Å². The number of furan rings is 1. The number of benzene rings is 2. The zero-order valence-electron chi connectivity index (χ0n) is 19.6. The molecular weight excluding hydrogens is 386 g/mol. The van der Waals surface area contributed by atoms with E-state index in [2.05, 4.69) is 34.6 Å². The molecule has 0 bridgehead atoms. The van der Waals surface area contributed by atoms with Gasteiger partial charge in [-0.15, -0.1) is 0 Å². The van der Waals surface area contributed by atoms with Crippen LogP contribution in [0.5, 0.6) is 0 Å². The van der Waals surface area contributed by atoms with Crippen molar-refractivity contribution in [1.82, 2.24) is 4.90 Å². The second-order valence-electron chi connectivity index (χ2n) is 8.56. The van der Waals surface area contributed by atoms with E-state index >= 15 is 0 Å². The summed E-state index contributed by atoms with van der Waals surface area (Å²) in [4.78, 5) is 14.5. The molecule has 164 valence electrons. The second-order valence-corrected chi connectivity index (χ2v) is 8.56. The van der Waals surface area contributed by atoms with Gasteiger partial charge in [-0.1, -0.05) is 30.3 Å². The van der Waals surface area contributed by atoms with E-state index in [0.29, 0.717) is 12.2 Å². The van der Waals surface area contributed by atoms with Crippen LogP contribution in [0.4, 0.5) is 0 Å². The lowest BCUT2D eigenvalue weighted by Gasteiger charge is -2.28. The third kappa shape index (κ3) is 4.45. The van der Waals surface area contributed by atoms with Crippen LogP contribution >= 0.6 is 0 Å². The van der Waals surface area contributed by atoms with Crippen molar-refractivity contribution < 1.29 is 14.3 Å². The fraction of sp³-hybridized carbons (Fsp3) is 0.370. The van der Waals surface area contributed by atoms with Crippen LogP contribution < -0.4 is 0 Å². The number of nitrogens with zero attached hydrogens (tertiary/aromatic N) is 1. The van der Waals surface area contributed by atoms with Gasteiger partial charge < -0.3 is 14.4 Å². The Morgan fingerprint density at radius 2 is 1.45 bits per heavy atom. The van der Waals surface area contributed by atoms with Crippen LogP contribution in [0.3, 0.4) is 0 Å². The third-order valence-electron chi connectivity index (χ3n) is 6.91. The van der Waals surface area contributed by atoms with Crippen molar-refractivity contribution in [3.8, 4) is 0 Å². The molecule has 31 heavy (non-hydrogen) atoms. The van der Waals surface area contributed by atoms with E-state index in [9.17, 15) is 9.90 Å². The number of likely N-dealkylation sites (N-methyl/N-ethyl adjacent to an activating group) is 1. The highest BCUT2D eigenvalue weighted by Gasteiger charge is 2.26. The maximum Gasteiger partial charge on any atom is 0.289 e. The Balaban J connectivity index is 1.79. The number of carbonyl (C=O) groups excluding carboxylic acids is 1. The summed E-state index contributed by atoms with van der Waals surface area (Å²) in [6, 6.07) is 12.6. The predicted octanol–water partition coefficient (Wildman–Crippen LogP) is 5.61. The Morgan fingerprint density at radius 1 is 0.903 bits per heavy atom. The highest BCUT2D eigenvalue weighted by Crippen LogP contribution is 2.29. The highest BCUT2D eigenvalue weighted by atomic mass is 16.4. The maximum absolute atomic E-state index is 13.0. The topological polar surface area (TPSA) is 53.7 Å². The molecule has 4 nitrogen and oxygen atoms in total. The van der Waals surface area contributed by atoms with Crippen molar-refractivity contribution in [3.63, 3.8) is 0 Å². The van der Waals surface area contributed by atoms with Gasteiger partial charge in [-0.2, -0.15) is 0 Å². The molecule has 0 saturated heterocycles. The molecule has 2 atom stereocenters. The Hall–Kier alpha value is -2.85. The van der Waals surface area contributed by atoms with Crippen molar-refractivity contribution in [3.05, 3.63) is 92.9 Å². The fourth-order valence-electron chi connectivity index (χ4n) is 4.10. The normalized spacial score (nSPS) is 13.2. The summed E-state index contributed by atoms with van der Waals surface area (Å²) >= 11 is 0. The molecule has 2 unspecified atom stereocenters. The molecule has 1 aromatic heterocycles. The van der Waals surface area contributed by atoms with Gasteiger partial charge in [0.2, 0.25) is 0 Å². The number of aliphatic hydroxyl groups excluding tert-OH is 1. The summed E-state index contributed by atoms with van der Waals surface area (Å²) in [6.45, 7) is 12.6. The van der Waals surface area contributed by atoms with E-state index in [-0.39, 0.29) is 5.91 Å². The Kier molecular flexibility index (Phi) is 6.71. The SMILES string of the molecule is Cc1c(C)c(C)c(Cc2ccc(C(=O)N(C)C(C)C(O)c3ccccc3)o2)c(C)c1C. The van der Waals surface area contributed by atoms with Gasteiger partial charge in [-0.25, -0.2) is 0 Å². The molecule has 0 fully saturated rings. The van der Waals surface area contributed by atoms with Crippen LogP contribution in [0.2, 0.25) is 0 Å². The van der Waals surface area contributed by atoms with Crippen LogP contribution in [0.1, 0.15) is 68.3 Å². The Morgan fingerprint density at radius 3 is 2.03 bits per heavy atom. The molecule has 3 aromatic rings. The molecule has 1 heterocycles. The van der Waals surface area contributed by atoms with Gasteiger partial charge in [0.15, 0.2) is 5.76 Å². The van der Waals surface area contributed by atoms with Gasteiger partial charge in [0, 0.05) is 13.5 Å². The summed E-state index contributed by atoms with van der Waals surface area (Å²) in [6.07, 6.45) is -0.118. The van der Waals surface area contributed by atoms with E-state index < -0.39 is 12.1 Å². The molecule has 0 aliphatic heterocycles. The first-order valence-electron chi connectivity index (χ1n) is 10.8. The smallest absolute Gasteiger partial charge is 0.289 e. The minimum Gasteiger partial charge on any atom is -0.456 e. The molecule has 0 spiro atoms. The zero-order chi connectivity index (χ0) is 22.9. The highest BCUT2D eigenvalue weighted by molar-refractivity contribution is 5.91. The summed E-state index contributed by atoms with van der Waals surface area (Å²) in [5, 5.41) is 10.7. The lowest BCUT2D eigenvalue weighted by molar-refractivity contribution is 0.0460. The summed E-state index contributed by atoms with van der Waals surface area (Å²) in [5.41, 5.74) is 8.56. The van der Waals surface area contributed by atoms with Crippen LogP contribution in [-0.2, 0) is 6.42 Å². The first-order chi connectivity index (χ1) is 14.6. The summed E-state index contributed by atoms with van der Waals surface area (Å²) in [7, 11) is 1.70. The van der Waals surface area contributed by atoms with Crippen molar-refractivity contribution >= 4 is 5.91 Å². The molecule has 1 amide bonds. The average molecular weight is 420 g/mol. The molecule has 0 radical (unpaired) electrons. The number of amides is 1. The largest absolute Gasteiger partial charge is 0.456 e. The minimum absolute atomic E-state index is 0.238. The number of carbonyl (C=O) groups is 1. The number of hydrogen-bond acceptors (Lipinski definition) is 3. The maximum atomic E-state index is 13.0. The Labute approximate surface area is 185 Å². The standard InChI is InChI=1S/C27H33NO3/c1-16-17(2)19(4)24(20(5)18(16)3)15-23-13-14-25(31-23)27(30)28(7)21(6)26(29)22-11-9-8-10-12-22/h8-14,21,26,29H,15H2,1-7H3. The lowest BCUT2D eigenvalue weighted by Crippen LogP contribution is -2.38. The van der Waals surface area contributed by atoms with Crippen molar-refractivity contribution in [2.75, 3.05) is 7.05 Å². The molecule has 2 aromatic carbocycles. The third-order valence-corrected chi connectivity index (χ3v) is 6.91. The zero-order valence-corrected chi connectivity index (χ0v) is 19.6. The van der Waals surface area contributed by atoms with Crippen LogP contribution in [0, 0.1) is 34.6 Å². The molecule has 0 saturated carbocycles. The lowest BCUT2D eigenvalue weighted by atomic mass is 9.88. The number of rotatable bonds is 6. The first-order valence-corrected chi connectivity index (χ1v) is 10.8. The van der Waals surface area contributed by atoms with Crippen LogP contribution in [-0.4, -0.2) is 29.0 Å². The Bertz CT molecular complexity index is 1050. The molecule has 0 aliphatic rings. The molecule has 1 N–H and O–H groups in total. The van der Waals surface area contributed by atoms with Gasteiger partial charge in [0.25, 0.3) is 5.91 Å². The summed E-state index contributed by atoms with van der Waals surface area (Å²) < 4.78 is 5.95. The minimum atomic E-state index is -0.770. The molecule has 4 heteroatoms. The van der Waals surface area contributed by atoms with Gasteiger partial charge in [0.1, 0.15) is 5.76 Å². The van der Waals surface area contributed by atoms with E-state index in [4.69, 9.17) is 4.42 Å². The van der Waals surface area contributed by atoms with E-state index in [1.165, 1.54) is 38.3 Å². The van der Waals surface area contributed by atoms with E-state index in [1.54, 1.807) is 13.1 Å². The van der Waals surface area contributed by atoms with Gasteiger partial charge >= 0.3 is 0 Å². The average Bonchev–Trinajstić information content (AvgIpc) is 3.26. The summed E-state index contributed by atoms with van der Waals surface area (Å²) in [5.74, 6) is 0.820. The predicted molar refractivity (Wildman–Crippen MR) is 125 cm³/mol. The monoisotopic (exact) mass is 419 g/mol. The fourth-order valence-corrected chi connectivity index (χ4v) is 4.10. The van der Waals surface area contributed by atoms with E-state index in [0.717, 1.165) is 11.3 Å². The van der Waals surface area contributed by atoms with Crippen molar-refractivity contribution in [2.24, 2.45) is 0 Å². The quantitative estimate of drug-likeness (QED) is 0.565. The van der Waals surface area contributed by atoms with Gasteiger partial charge in [-0.05, 0) is 92.6 Å². The van der Waals surface area contributed by atoms with Gasteiger partial charge in [-0.3, -0.25) is 4.79 Å². The van der Waals surface area contributed by atoms with E-state index in [1.807, 2.05) is 43.3 Å². The second kappa shape index (κ2) is 9.11. The van der Waals surface area contributed by atoms with Crippen molar-refractivity contribution in [2.45, 2.75) is 60.1 Å². The molecular formula is C27H33NO3. The van der Waals surface area contributed by atoms with Crippen LogP contribution in [0.25, 0.3) is 0 Å². The number of hydrogen-bond donors (Lipinski definition) is 1. The number of aliphatic hydroxyl groups is 1. The molecule has 0 aliphatic carbocycles. The van der Waals surface area contributed by atoms with Crippen molar-refractivity contribution in [1.29, 1.82) is 0 Å². The molecule has 3 rings (SSSR count). The first kappa shape index (κ1) is 22.8.